The molecular weight excluding hydrogens is 638 g/mol. The molecule has 1 fully saturated rings. The topological polar surface area (TPSA) is 114 Å². The number of aliphatic imine (C=N–C) groups is 1. The molecule has 1 aromatic heterocycles. The van der Waals surface area contributed by atoms with Crippen LogP contribution in [0.3, 0.4) is 0 Å². The average molecular weight is 669 g/mol. The molecule has 4 rings (SSSR count). The number of benzene rings is 1. The van der Waals surface area contributed by atoms with Gasteiger partial charge in [0.1, 0.15) is 5.60 Å². The van der Waals surface area contributed by atoms with Crippen molar-refractivity contribution in [3.05, 3.63) is 52.0 Å². The van der Waals surface area contributed by atoms with Gasteiger partial charge in [-0.15, -0.1) is 0 Å². The quantitative estimate of drug-likeness (QED) is 0.315. The highest BCUT2D eigenvalue weighted by molar-refractivity contribution is 8.14. The molecule has 42 heavy (non-hydrogen) atoms. The van der Waals surface area contributed by atoms with Crippen LogP contribution in [0.25, 0.3) is 0 Å². The lowest BCUT2D eigenvalue weighted by Crippen LogP contribution is -2.42. The molecular formula is C26H30Cl2F3N5O4S2. The molecule has 0 aliphatic carbocycles. The number of hydrogen-bond donors (Lipinski definition) is 1. The van der Waals surface area contributed by atoms with E-state index < -0.39 is 40.0 Å². The summed E-state index contributed by atoms with van der Waals surface area (Å²) < 4.78 is 70.4. The molecule has 2 aliphatic rings. The van der Waals surface area contributed by atoms with Crippen LogP contribution in [0.15, 0.2) is 35.5 Å². The summed E-state index contributed by atoms with van der Waals surface area (Å²) in [7, 11) is -4.33. The van der Waals surface area contributed by atoms with Crippen LogP contribution < -0.4 is 4.72 Å². The summed E-state index contributed by atoms with van der Waals surface area (Å²) >= 11 is 14.2. The van der Waals surface area contributed by atoms with E-state index in [9.17, 15) is 26.4 Å². The van der Waals surface area contributed by atoms with Crippen LogP contribution in [-0.4, -0.2) is 65.0 Å². The summed E-state index contributed by atoms with van der Waals surface area (Å²) in [6.07, 6.45) is -3.65. The molecule has 3 heterocycles. The van der Waals surface area contributed by atoms with Gasteiger partial charge in [-0.2, -0.15) is 13.2 Å². The van der Waals surface area contributed by atoms with E-state index in [1.807, 2.05) is 20.8 Å². The molecule has 2 aromatic rings. The van der Waals surface area contributed by atoms with E-state index in [2.05, 4.69) is 14.7 Å². The van der Waals surface area contributed by atoms with E-state index in [1.54, 1.807) is 23.1 Å². The number of ether oxygens (including phenoxy) is 1. The largest absolute Gasteiger partial charge is 0.444 e. The molecule has 16 heteroatoms. The minimum atomic E-state index is -4.62. The van der Waals surface area contributed by atoms with Crippen LogP contribution in [-0.2, 0) is 14.8 Å². The minimum absolute atomic E-state index is 0.0218. The highest BCUT2D eigenvalue weighted by Gasteiger charge is 2.40. The Morgan fingerprint density at radius 3 is 2.48 bits per heavy atom. The number of alkyl halides is 3. The molecule has 0 spiro atoms. The Kier molecular flexibility index (Phi) is 9.90. The van der Waals surface area contributed by atoms with Gasteiger partial charge in [-0.05, 0) is 62.9 Å². The number of halogens is 5. The molecule has 0 saturated carbocycles. The SMILES string of the molecule is CC(C)(C)OC(=O)N1CCC(C2=NC(c3cccc(NS(=O)(=O)CCC(F)(F)F)c3Cl)C(c3ccnc(Cl)n3)S2)CC1. The second-order valence-electron chi connectivity index (χ2n) is 10.9. The number of nitrogens with zero attached hydrogens (tertiary/aromatic N) is 4. The van der Waals surface area contributed by atoms with Gasteiger partial charge in [-0.3, -0.25) is 9.71 Å². The maximum absolute atomic E-state index is 12.6. The molecule has 1 N–H and O–H groups in total. The fourth-order valence-corrected chi connectivity index (χ4v) is 7.61. The number of rotatable bonds is 7. The second-order valence-corrected chi connectivity index (χ2v) is 14.7. The Labute approximate surface area is 256 Å². The smallest absolute Gasteiger partial charge is 0.410 e. The van der Waals surface area contributed by atoms with Gasteiger partial charge in [-0.1, -0.05) is 35.5 Å². The summed E-state index contributed by atoms with van der Waals surface area (Å²) in [5.74, 6) is -1.09. The maximum atomic E-state index is 12.6. The van der Waals surface area contributed by atoms with E-state index in [4.69, 9.17) is 32.9 Å². The second kappa shape index (κ2) is 12.7. The van der Waals surface area contributed by atoms with Gasteiger partial charge in [0.15, 0.2) is 0 Å². The van der Waals surface area contributed by atoms with E-state index >= 15 is 0 Å². The van der Waals surface area contributed by atoms with Crippen LogP contribution in [0.1, 0.15) is 62.6 Å². The summed E-state index contributed by atoms with van der Waals surface area (Å²) in [6.45, 7) is 6.42. The third-order valence-electron chi connectivity index (χ3n) is 6.50. The van der Waals surface area contributed by atoms with Gasteiger partial charge in [0.25, 0.3) is 0 Å². The lowest BCUT2D eigenvalue weighted by Gasteiger charge is -2.33. The van der Waals surface area contributed by atoms with Gasteiger partial charge >= 0.3 is 12.3 Å². The molecule has 0 bridgehead atoms. The number of amides is 1. The fourth-order valence-electron chi connectivity index (χ4n) is 4.55. The number of aromatic nitrogens is 2. The van der Waals surface area contributed by atoms with Gasteiger partial charge in [-0.25, -0.2) is 23.2 Å². The first-order chi connectivity index (χ1) is 19.5. The van der Waals surface area contributed by atoms with Crippen LogP contribution in [0.2, 0.25) is 10.3 Å². The number of carbonyl (C=O) groups excluding carboxylic acids is 1. The molecule has 1 aromatic carbocycles. The van der Waals surface area contributed by atoms with E-state index in [0.717, 1.165) is 5.04 Å². The highest BCUT2D eigenvalue weighted by Crippen LogP contribution is 2.52. The summed E-state index contributed by atoms with van der Waals surface area (Å²) in [5.41, 5.74) is 0.414. The molecule has 2 atom stereocenters. The van der Waals surface area contributed by atoms with Crippen molar-refractivity contribution in [1.82, 2.24) is 14.9 Å². The highest BCUT2D eigenvalue weighted by atomic mass is 35.5. The number of likely N-dealkylation sites (tertiary alicyclic amines) is 1. The zero-order valence-corrected chi connectivity index (χ0v) is 26.1. The standard InChI is InChI=1S/C26H30Cl2F3N5O4S2/c1-25(2,3)40-24(37)36-12-8-15(9-13-36)22-34-20(21(41-22)18-7-11-32-23(28)33-18)16-5-4-6-17(19(16)27)35-42(38,39)14-10-26(29,30)31/h4-7,11,15,20-21,35H,8-10,12-14H2,1-3H3. The third kappa shape index (κ3) is 8.64. The lowest BCUT2D eigenvalue weighted by atomic mass is 9.97. The predicted molar refractivity (Wildman–Crippen MR) is 158 cm³/mol. The Morgan fingerprint density at radius 1 is 1.17 bits per heavy atom. The Bertz CT molecular complexity index is 1450. The number of thioether (sulfide) groups is 1. The zero-order chi connectivity index (χ0) is 30.9. The number of anilines is 1. The first kappa shape index (κ1) is 32.6. The first-order valence-corrected chi connectivity index (χ1v) is 16.4. The first-order valence-electron chi connectivity index (χ1n) is 13.1. The van der Waals surface area contributed by atoms with Crippen LogP contribution in [0, 0.1) is 5.92 Å². The molecule has 2 aliphatic heterocycles. The number of carbonyl (C=O) groups is 1. The predicted octanol–water partition coefficient (Wildman–Crippen LogP) is 7.05. The van der Waals surface area contributed by atoms with Crippen LogP contribution in [0.4, 0.5) is 23.7 Å². The van der Waals surface area contributed by atoms with Crippen molar-refractivity contribution in [2.24, 2.45) is 10.9 Å². The molecule has 2 unspecified atom stereocenters. The minimum Gasteiger partial charge on any atom is -0.444 e. The fraction of sp³-hybridized carbons (Fsp3) is 0.538. The lowest BCUT2D eigenvalue weighted by molar-refractivity contribution is -0.129. The number of piperidine rings is 1. The van der Waals surface area contributed by atoms with Gasteiger partial charge in [0.05, 0.1) is 44.9 Å². The van der Waals surface area contributed by atoms with Crippen molar-refractivity contribution in [2.45, 2.75) is 63.1 Å². The third-order valence-corrected chi connectivity index (χ3v) is 9.81. The molecule has 1 amide bonds. The zero-order valence-electron chi connectivity index (χ0n) is 23.0. The monoisotopic (exact) mass is 667 g/mol. The van der Waals surface area contributed by atoms with Crippen molar-refractivity contribution in [3.8, 4) is 0 Å². The number of sulfonamides is 1. The number of nitrogens with one attached hydrogen (secondary N) is 1. The maximum Gasteiger partial charge on any atom is 0.410 e. The summed E-state index contributed by atoms with van der Waals surface area (Å²) in [6, 6.07) is 5.73. The Balaban J connectivity index is 1.59. The van der Waals surface area contributed by atoms with E-state index in [1.165, 1.54) is 24.0 Å². The van der Waals surface area contributed by atoms with Crippen molar-refractivity contribution in [1.29, 1.82) is 0 Å². The molecule has 9 nitrogen and oxygen atoms in total. The van der Waals surface area contributed by atoms with E-state index in [-0.39, 0.29) is 33.3 Å². The van der Waals surface area contributed by atoms with Gasteiger partial charge in [0, 0.05) is 25.2 Å². The van der Waals surface area contributed by atoms with Crippen LogP contribution >= 0.6 is 35.0 Å². The van der Waals surface area contributed by atoms with Gasteiger partial charge < -0.3 is 9.64 Å². The van der Waals surface area contributed by atoms with Gasteiger partial charge in [0.2, 0.25) is 15.3 Å². The van der Waals surface area contributed by atoms with Crippen LogP contribution in [0.5, 0.6) is 0 Å². The average Bonchev–Trinajstić information content (AvgIpc) is 3.33. The molecule has 230 valence electrons. The Morgan fingerprint density at radius 2 is 1.86 bits per heavy atom. The van der Waals surface area contributed by atoms with E-state index in [0.29, 0.717) is 37.2 Å². The molecule has 1 saturated heterocycles. The normalized spacial score (nSPS) is 20.4. The van der Waals surface area contributed by atoms with Crippen molar-refractivity contribution < 1.29 is 31.1 Å². The van der Waals surface area contributed by atoms with Crippen molar-refractivity contribution in [2.75, 3.05) is 23.6 Å². The van der Waals surface area contributed by atoms with Crippen molar-refractivity contribution in [3.63, 3.8) is 0 Å². The number of hydrogen-bond acceptors (Lipinski definition) is 8. The summed E-state index contributed by atoms with van der Waals surface area (Å²) in [5, 5.41) is 0.506. The van der Waals surface area contributed by atoms with Crippen molar-refractivity contribution >= 4 is 61.8 Å². The summed E-state index contributed by atoms with van der Waals surface area (Å²) in [4.78, 5) is 27.5. The molecule has 0 radical (unpaired) electrons. The Hall–Kier alpha value is -2.29.